The molecule has 1 aliphatic heterocycles. The lowest BCUT2D eigenvalue weighted by Gasteiger charge is -2.08. The minimum Gasteiger partial charge on any atom is -0.331 e. The number of nitrogens with zero attached hydrogens (tertiary/aromatic N) is 2. The van der Waals surface area contributed by atoms with Crippen molar-refractivity contribution in [1.29, 1.82) is 0 Å². The van der Waals surface area contributed by atoms with Gasteiger partial charge in [-0.15, -0.1) is 0 Å². The molecule has 2 aromatic rings. The predicted octanol–water partition coefficient (Wildman–Crippen LogP) is 1.82. The summed E-state index contributed by atoms with van der Waals surface area (Å²) in [7, 11) is 1.99. The molecule has 1 aromatic carbocycles. The Morgan fingerprint density at radius 1 is 1.50 bits per heavy atom. The van der Waals surface area contributed by atoms with E-state index < -0.39 is 0 Å². The molecule has 0 bridgehead atoms. The van der Waals surface area contributed by atoms with E-state index in [-0.39, 0.29) is 11.8 Å². The topological polar surface area (TPSA) is 46.9 Å². The number of fused-ring (bicyclic) bond motifs is 1. The number of rotatable bonds is 2. The van der Waals surface area contributed by atoms with Crippen molar-refractivity contribution in [3.05, 3.63) is 29.6 Å². The van der Waals surface area contributed by atoms with Crippen LogP contribution in [0.15, 0.2) is 18.2 Å². The van der Waals surface area contributed by atoms with Crippen LogP contribution < -0.4 is 5.32 Å². The number of carbonyl (C=O) groups is 1. The number of ketones is 1. The fourth-order valence-electron chi connectivity index (χ4n) is 2.58. The fraction of sp³-hybridized carbons (Fsp3) is 0.429. The Bertz CT molecular complexity index is 609. The first-order chi connectivity index (χ1) is 8.66. The summed E-state index contributed by atoms with van der Waals surface area (Å²) >= 11 is 0. The number of aromatic nitrogens is 2. The van der Waals surface area contributed by atoms with Crippen LogP contribution in [0.4, 0.5) is 0 Å². The van der Waals surface area contributed by atoms with Gasteiger partial charge in [-0.2, -0.15) is 0 Å². The maximum Gasteiger partial charge on any atom is 0.179 e. The SMILES string of the molecule is Cc1nc2cc(C(=O)C3CCCN3)ccc2n1C. The molecule has 1 aliphatic rings. The second-order valence-corrected chi connectivity index (χ2v) is 4.93. The van der Waals surface area contributed by atoms with Crippen molar-refractivity contribution in [2.45, 2.75) is 25.8 Å². The summed E-state index contributed by atoms with van der Waals surface area (Å²) in [6.45, 7) is 2.92. The van der Waals surface area contributed by atoms with Crippen molar-refractivity contribution in [3.8, 4) is 0 Å². The van der Waals surface area contributed by atoms with Crippen molar-refractivity contribution in [1.82, 2.24) is 14.9 Å². The van der Waals surface area contributed by atoms with Gasteiger partial charge in [0.2, 0.25) is 0 Å². The molecule has 4 heteroatoms. The van der Waals surface area contributed by atoms with Crippen molar-refractivity contribution >= 4 is 16.8 Å². The monoisotopic (exact) mass is 243 g/mol. The third kappa shape index (κ3) is 1.73. The van der Waals surface area contributed by atoms with E-state index in [1.54, 1.807) is 0 Å². The molecule has 1 fully saturated rings. The van der Waals surface area contributed by atoms with Gasteiger partial charge in [-0.05, 0) is 44.5 Å². The highest BCUT2D eigenvalue weighted by Crippen LogP contribution is 2.19. The average molecular weight is 243 g/mol. The second kappa shape index (κ2) is 4.21. The van der Waals surface area contributed by atoms with Gasteiger partial charge in [0.1, 0.15) is 5.82 Å². The standard InChI is InChI=1S/C14H17N3O/c1-9-16-12-8-10(5-6-13(12)17(9)2)14(18)11-4-3-7-15-11/h5-6,8,11,15H,3-4,7H2,1-2H3. The molecule has 1 unspecified atom stereocenters. The predicted molar refractivity (Wildman–Crippen MR) is 70.8 cm³/mol. The molecular weight excluding hydrogens is 226 g/mol. The quantitative estimate of drug-likeness (QED) is 0.818. The lowest BCUT2D eigenvalue weighted by atomic mass is 10.0. The minimum absolute atomic E-state index is 0.00717. The van der Waals surface area contributed by atoms with Crippen LogP contribution in [-0.4, -0.2) is 27.9 Å². The van der Waals surface area contributed by atoms with Gasteiger partial charge in [0.05, 0.1) is 17.1 Å². The Hall–Kier alpha value is -1.68. The van der Waals surface area contributed by atoms with Crippen LogP contribution >= 0.6 is 0 Å². The van der Waals surface area contributed by atoms with Crippen LogP contribution in [0, 0.1) is 6.92 Å². The molecule has 1 aromatic heterocycles. The molecule has 1 N–H and O–H groups in total. The number of hydrogen-bond donors (Lipinski definition) is 1. The molecule has 3 rings (SSSR count). The largest absolute Gasteiger partial charge is 0.331 e. The minimum atomic E-state index is -0.00717. The molecule has 0 saturated carbocycles. The molecule has 0 aliphatic carbocycles. The maximum atomic E-state index is 12.3. The van der Waals surface area contributed by atoms with Crippen molar-refractivity contribution in [2.24, 2.45) is 7.05 Å². The van der Waals surface area contributed by atoms with Gasteiger partial charge in [0, 0.05) is 12.6 Å². The number of aryl methyl sites for hydroxylation is 2. The molecule has 2 heterocycles. The Labute approximate surface area is 106 Å². The Morgan fingerprint density at radius 2 is 2.33 bits per heavy atom. The van der Waals surface area contributed by atoms with Crippen LogP contribution in [0.2, 0.25) is 0 Å². The van der Waals surface area contributed by atoms with Crippen LogP contribution in [0.25, 0.3) is 11.0 Å². The Kier molecular flexibility index (Phi) is 2.67. The molecule has 18 heavy (non-hydrogen) atoms. The molecule has 1 atom stereocenters. The Morgan fingerprint density at radius 3 is 3.06 bits per heavy atom. The van der Waals surface area contributed by atoms with E-state index in [2.05, 4.69) is 10.3 Å². The summed E-state index contributed by atoms with van der Waals surface area (Å²) in [5.41, 5.74) is 2.74. The average Bonchev–Trinajstić information content (AvgIpc) is 2.98. The third-order valence-corrected chi connectivity index (χ3v) is 3.77. The molecule has 1 saturated heterocycles. The van der Waals surface area contributed by atoms with Gasteiger partial charge >= 0.3 is 0 Å². The number of carbonyl (C=O) groups excluding carboxylic acids is 1. The van der Waals surface area contributed by atoms with E-state index >= 15 is 0 Å². The van der Waals surface area contributed by atoms with Crippen molar-refractivity contribution in [2.75, 3.05) is 6.54 Å². The number of Topliss-reactive ketones (excluding diaryl/α,β-unsaturated/α-hetero) is 1. The first-order valence-corrected chi connectivity index (χ1v) is 6.37. The number of hydrogen-bond acceptors (Lipinski definition) is 3. The zero-order chi connectivity index (χ0) is 12.7. The van der Waals surface area contributed by atoms with E-state index in [0.717, 1.165) is 41.8 Å². The molecule has 0 radical (unpaired) electrons. The van der Waals surface area contributed by atoms with Crippen LogP contribution in [0.3, 0.4) is 0 Å². The molecule has 0 spiro atoms. The summed E-state index contributed by atoms with van der Waals surface area (Å²) in [5.74, 6) is 1.16. The van der Waals surface area contributed by atoms with Crippen molar-refractivity contribution < 1.29 is 4.79 Å². The van der Waals surface area contributed by atoms with Gasteiger partial charge in [-0.25, -0.2) is 4.98 Å². The lowest BCUT2D eigenvalue weighted by molar-refractivity contribution is 0.0952. The maximum absolute atomic E-state index is 12.3. The smallest absolute Gasteiger partial charge is 0.179 e. The number of nitrogens with one attached hydrogen (secondary N) is 1. The highest BCUT2D eigenvalue weighted by atomic mass is 16.1. The number of benzene rings is 1. The summed E-state index contributed by atoms with van der Waals surface area (Å²) in [5, 5.41) is 3.24. The fourth-order valence-corrected chi connectivity index (χ4v) is 2.58. The zero-order valence-electron chi connectivity index (χ0n) is 10.7. The van der Waals surface area contributed by atoms with Crippen LogP contribution in [-0.2, 0) is 7.05 Å². The van der Waals surface area contributed by atoms with Crippen LogP contribution in [0.1, 0.15) is 29.0 Å². The molecule has 94 valence electrons. The van der Waals surface area contributed by atoms with Crippen LogP contribution in [0.5, 0.6) is 0 Å². The second-order valence-electron chi connectivity index (χ2n) is 4.93. The van der Waals surface area contributed by atoms with E-state index in [1.807, 2.05) is 36.7 Å². The summed E-state index contributed by atoms with van der Waals surface area (Å²) < 4.78 is 2.04. The van der Waals surface area contributed by atoms with Crippen molar-refractivity contribution in [3.63, 3.8) is 0 Å². The Balaban J connectivity index is 2.00. The lowest BCUT2D eigenvalue weighted by Crippen LogP contribution is -2.30. The summed E-state index contributed by atoms with van der Waals surface area (Å²) in [4.78, 5) is 16.8. The third-order valence-electron chi connectivity index (χ3n) is 3.77. The highest BCUT2D eigenvalue weighted by Gasteiger charge is 2.23. The van der Waals surface area contributed by atoms with Gasteiger partial charge < -0.3 is 9.88 Å². The zero-order valence-corrected chi connectivity index (χ0v) is 10.7. The van der Waals surface area contributed by atoms with E-state index in [0.29, 0.717) is 0 Å². The van der Waals surface area contributed by atoms with Gasteiger partial charge in [-0.1, -0.05) is 0 Å². The highest BCUT2D eigenvalue weighted by molar-refractivity contribution is 6.02. The van der Waals surface area contributed by atoms with Gasteiger partial charge in [0.15, 0.2) is 5.78 Å². The molecule has 0 amide bonds. The first-order valence-electron chi connectivity index (χ1n) is 6.37. The van der Waals surface area contributed by atoms with E-state index in [9.17, 15) is 4.79 Å². The number of imidazole rings is 1. The van der Waals surface area contributed by atoms with Gasteiger partial charge in [0.25, 0.3) is 0 Å². The summed E-state index contributed by atoms with van der Waals surface area (Å²) in [6, 6.07) is 5.79. The summed E-state index contributed by atoms with van der Waals surface area (Å²) in [6.07, 6.45) is 2.03. The van der Waals surface area contributed by atoms with E-state index in [4.69, 9.17) is 0 Å². The molecule has 4 nitrogen and oxygen atoms in total. The first kappa shape index (κ1) is 11.4. The molecular formula is C14H17N3O. The normalized spacial score (nSPS) is 19.6. The van der Waals surface area contributed by atoms with E-state index in [1.165, 1.54) is 0 Å². The van der Waals surface area contributed by atoms with Gasteiger partial charge in [-0.3, -0.25) is 4.79 Å².